The average molecular weight is 339 g/mol. The summed E-state index contributed by atoms with van der Waals surface area (Å²) in [4.78, 5) is 12.4. The van der Waals surface area contributed by atoms with E-state index < -0.39 is 0 Å². The second-order valence-electron chi connectivity index (χ2n) is 6.89. The highest BCUT2D eigenvalue weighted by Crippen LogP contribution is 2.33. The lowest BCUT2D eigenvalue weighted by atomic mass is 9.89. The molecule has 128 valence electrons. The van der Waals surface area contributed by atoms with Crippen LogP contribution in [0.15, 0.2) is 24.3 Å². The van der Waals surface area contributed by atoms with Gasteiger partial charge in [-0.25, -0.2) is 0 Å². The second-order valence-corrected chi connectivity index (χ2v) is 6.89. The van der Waals surface area contributed by atoms with E-state index in [1.165, 1.54) is 12.8 Å². The summed E-state index contributed by atoms with van der Waals surface area (Å²) in [7, 11) is 0. The van der Waals surface area contributed by atoms with Gasteiger partial charge in [0.15, 0.2) is 0 Å². The number of fused-ring (bicyclic) bond motifs is 2. The number of halogens is 1. The molecule has 2 heterocycles. The Bertz CT molecular complexity index is 524. The average Bonchev–Trinajstić information content (AvgIpc) is 2.79. The van der Waals surface area contributed by atoms with Crippen LogP contribution in [0.4, 0.5) is 5.69 Å². The van der Waals surface area contributed by atoms with Crippen LogP contribution in [0.5, 0.6) is 5.75 Å². The Balaban J connectivity index is 0.00000192. The van der Waals surface area contributed by atoms with E-state index in [1.54, 1.807) is 0 Å². The quantitative estimate of drug-likeness (QED) is 0.859. The Kier molecular flexibility index (Phi) is 6.31. The van der Waals surface area contributed by atoms with Crippen molar-refractivity contribution >= 4 is 24.0 Å². The zero-order valence-electron chi connectivity index (χ0n) is 13.9. The SMILES string of the molecule is CC(C)Oc1ccccc1NC(=O)CC1CC2CCC(C1)N2.Cl. The van der Waals surface area contributed by atoms with E-state index in [-0.39, 0.29) is 24.4 Å². The maximum absolute atomic E-state index is 12.4. The van der Waals surface area contributed by atoms with E-state index in [0.29, 0.717) is 24.4 Å². The number of amides is 1. The Labute approximate surface area is 144 Å². The fraction of sp³-hybridized carbons (Fsp3) is 0.611. The van der Waals surface area contributed by atoms with Crippen molar-refractivity contribution in [1.82, 2.24) is 5.32 Å². The van der Waals surface area contributed by atoms with Gasteiger partial charge in [0.05, 0.1) is 11.8 Å². The number of nitrogens with one attached hydrogen (secondary N) is 2. The van der Waals surface area contributed by atoms with Crippen LogP contribution < -0.4 is 15.4 Å². The Morgan fingerprint density at radius 3 is 2.57 bits per heavy atom. The number of ether oxygens (including phenoxy) is 1. The normalized spacial score (nSPS) is 25.8. The molecule has 2 atom stereocenters. The molecule has 2 aliphatic heterocycles. The standard InChI is InChI=1S/C18H26N2O2.ClH/c1-12(2)22-17-6-4-3-5-16(17)20-18(21)11-13-9-14-7-8-15(10-13)19-14;/h3-6,12-15,19H,7-11H2,1-2H3,(H,20,21);1H. The van der Waals surface area contributed by atoms with Gasteiger partial charge in [0.1, 0.15) is 5.75 Å². The molecule has 2 bridgehead atoms. The fourth-order valence-electron chi connectivity index (χ4n) is 3.73. The van der Waals surface area contributed by atoms with Gasteiger partial charge in [-0.15, -0.1) is 12.4 Å². The maximum atomic E-state index is 12.4. The first-order valence-electron chi connectivity index (χ1n) is 8.41. The number of carbonyl (C=O) groups is 1. The third-order valence-electron chi connectivity index (χ3n) is 4.57. The van der Waals surface area contributed by atoms with Gasteiger partial charge in [-0.3, -0.25) is 4.79 Å². The van der Waals surface area contributed by atoms with Gasteiger partial charge in [0, 0.05) is 18.5 Å². The Hall–Kier alpha value is -1.26. The largest absolute Gasteiger partial charge is 0.489 e. The number of piperidine rings is 1. The summed E-state index contributed by atoms with van der Waals surface area (Å²) in [5.74, 6) is 1.36. The molecule has 2 unspecified atom stereocenters. The van der Waals surface area contributed by atoms with Crippen molar-refractivity contribution < 1.29 is 9.53 Å². The first-order chi connectivity index (χ1) is 10.6. The molecule has 1 aromatic rings. The summed E-state index contributed by atoms with van der Waals surface area (Å²) in [6.07, 6.45) is 5.52. The summed E-state index contributed by atoms with van der Waals surface area (Å²) >= 11 is 0. The van der Waals surface area contributed by atoms with E-state index in [4.69, 9.17) is 4.74 Å². The van der Waals surface area contributed by atoms with Crippen LogP contribution >= 0.6 is 12.4 Å². The molecule has 4 nitrogen and oxygen atoms in total. The van der Waals surface area contributed by atoms with Gasteiger partial charge in [-0.1, -0.05) is 12.1 Å². The number of anilines is 1. The third kappa shape index (κ3) is 4.85. The molecule has 1 aromatic carbocycles. The lowest BCUT2D eigenvalue weighted by Crippen LogP contribution is -2.39. The number of hydrogen-bond donors (Lipinski definition) is 2. The van der Waals surface area contributed by atoms with Crippen molar-refractivity contribution in [1.29, 1.82) is 0 Å². The summed E-state index contributed by atoms with van der Waals surface area (Å²) in [6, 6.07) is 8.93. The second kappa shape index (κ2) is 8.02. The molecule has 23 heavy (non-hydrogen) atoms. The predicted molar refractivity (Wildman–Crippen MR) is 95.4 cm³/mol. The molecule has 0 spiro atoms. The first kappa shape index (κ1) is 18.1. The molecule has 2 saturated heterocycles. The third-order valence-corrected chi connectivity index (χ3v) is 4.57. The lowest BCUT2D eigenvalue weighted by Gasteiger charge is -2.28. The minimum Gasteiger partial charge on any atom is -0.489 e. The monoisotopic (exact) mass is 338 g/mol. The molecule has 0 aliphatic carbocycles. The highest BCUT2D eigenvalue weighted by molar-refractivity contribution is 5.92. The van der Waals surface area contributed by atoms with Crippen LogP contribution in [0.1, 0.15) is 46.0 Å². The zero-order valence-corrected chi connectivity index (χ0v) is 14.7. The molecule has 3 rings (SSSR count). The van der Waals surface area contributed by atoms with Gasteiger partial charge >= 0.3 is 0 Å². The van der Waals surface area contributed by atoms with Crippen molar-refractivity contribution in [2.45, 2.75) is 64.1 Å². The van der Waals surface area contributed by atoms with Crippen LogP contribution in [0.2, 0.25) is 0 Å². The first-order valence-corrected chi connectivity index (χ1v) is 8.41. The van der Waals surface area contributed by atoms with Crippen LogP contribution in [0.25, 0.3) is 0 Å². The molecule has 0 aromatic heterocycles. The van der Waals surface area contributed by atoms with Crippen LogP contribution in [0.3, 0.4) is 0 Å². The molecular formula is C18H27ClN2O2. The smallest absolute Gasteiger partial charge is 0.224 e. The molecular weight excluding hydrogens is 312 g/mol. The van der Waals surface area contributed by atoms with Crippen molar-refractivity contribution in [3.05, 3.63) is 24.3 Å². The van der Waals surface area contributed by atoms with Crippen molar-refractivity contribution in [2.24, 2.45) is 5.92 Å². The topological polar surface area (TPSA) is 50.4 Å². The summed E-state index contributed by atoms with van der Waals surface area (Å²) in [5, 5.41) is 6.65. The highest BCUT2D eigenvalue weighted by atomic mass is 35.5. The molecule has 5 heteroatoms. The number of rotatable bonds is 5. The van der Waals surface area contributed by atoms with Gasteiger partial charge in [0.25, 0.3) is 0 Å². The van der Waals surface area contributed by atoms with Gasteiger partial charge in [-0.05, 0) is 57.6 Å². The molecule has 2 aliphatic rings. The van der Waals surface area contributed by atoms with Crippen LogP contribution in [-0.2, 0) is 4.79 Å². The van der Waals surface area contributed by atoms with E-state index in [2.05, 4.69) is 10.6 Å². The van der Waals surface area contributed by atoms with Crippen LogP contribution in [0, 0.1) is 5.92 Å². The molecule has 0 radical (unpaired) electrons. The van der Waals surface area contributed by atoms with E-state index in [9.17, 15) is 4.79 Å². The number of benzene rings is 1. The minimum absolute atomic E-state index is 0. The van der Waals surface area contributed by atoms with Gasteiger partial charge in [-0.2, -0.15) is 0 Å². The minimum atomic E-state index is 0. The summed E-state index contributed by atoms with van der Waals surface area (Å²) in [5.41, 5.74) is 0.776. The predicted octanol–water partition coefficient (Wildman–Crippen LogP) is 3.75. The number of para-hydroxylation sites is 2. The van der Waals surface area contributed by atoms with E-state index >= 15 is 0 Å². The Morgan fingerprint density at radius 2 is 1.91 bits per heavy atom. The molecule has 0 saturated carbocycles. The highest BCUT2D eigenvalue weighted by Gasteiger charge is 2.34. The molecule has 2 N–H and O–H groups in total. The van der Waals surface area contributed by atoms with Crippen LogP contribution in [-0.4, -0.2) is 24.1 Å². The van der Waals surface area contributed by atoms with Crippen molar-refractivity contribution in [2.75, 3.05) is 5.32 Å². The van der Waals surface area contributed by atoms with Crippen molar-refractivity contribution in [3.63, 3.8) is 0 Å². The van der Waals surface area contributed by atoms with E-state index in [1.807, 2.05) is 38.1 Å². The molecule has 1 amide bonds. The number of carbonyl (C=O) groups excluding carboxylic acids is 1. The molecule has 2 fully saturated rings. The lowest BCUT2D eigenvalue weighted by molar-refractivity contribution is -0.117. The summed E-state index contributed by atoms with van der Waals surface area (Å²) < 4.78 is 5.76. The van der Waals surface area contributed by atoms with Crippen molar-refractivity contribution in [3.8, 4) is 5.75 Å². The Morgan fingerprint density at radius 1 is 1.26 bits per heavy atom. The fourth-order valence-corrected chi connectivity index (χ4v) is 3.73. The summed E-state index contributed by atoms with van der Waals surface area (Å²) in [6.45, 7) is 3.98. The maximum Gasteiger partial charge on any atom is 0.224 e. The van der Waals surface area contributed by atoms with Gasteiger partial charge in [0.2, 0.25) is 5.91 Å². The van der Waals surface area contributed by atoms with Gasteiger partial charge < -0.3 is 15.4 Å². The van der Waals surface area contributed by atoms with E-state index in [0.717, 1.165) is 24.3 Å². The number of hydrogen-bond acceptors (Lipinski definition) is 3. The zero-order chi connectivity index (χ0) is 15.5.